The van der Waals surface area contributed by atoms with E-state index in [1.54, 1.807) is 0 Å². The average molecular weight is 368 g/mol. The van der Waals surface area contributed by atoms with E-state index in [9.17, 15) is 4.79 Å². The maximum absolute atomic E-state index is 12.4. The van der Waals surface area contributed by atoms with E-state index in [-0.39, 0.29) is 5.91 Å². The van der Waals surface area contributed by atoms with Crippen molar-refractivity contribution in [2.75, 3.05) is 11.9 Å². The summed E-state index contributed by atoms with van der Waals surface area (Å²) in [7, 11) is 0. The van der Waals surface area contributed by atoms with E-state index < -0.39 is 0 Å². The maximum Gasteiger partial charge on any atom is 0.224 e. The van der Waals surface area contributed by atoms with Crippen LogP contribution in [0, 0.1) is 31.1 Å². The minimum absolute atomic E-state index is 0.0563. The Morgan fingerprint density at radius 3 is 2.78 bits per heavy atom. The van der Waals surface area contributed by atoms with Gasteiger partial charge < -0.3 is 10.1 Å². The highest BCUT2D eigenvalue weighted by Crippen LogP contribution is 2.25. The van der Waals surface area contributed by atoms with Crippen molar-refractivity contribution in [2.24, 2.45) is 5.92 Å². The van der Waals surface area contributed by atoms with Crippen LogP contribution in [0.3, 0.4) is 0 Å². The third-order valence-electron chi connectivity index (χ3n) is 4.30. The summed E-state index contributed by atoms with van der Waals surface area (Å²) in [4.78, 5) is 12.4. The lowest BCUT2D eigenvalue weighted by molar-refractivity contribution is -0.116. The van der Waals surface area contributed by atoms with Gasteiger partial charge in [-0.15, -0.1) is 0 Å². The lowest BCUT2D eigenvalue weighted by Gasteiger charge is -2.14. The van der Waals surface area contributed by atoms with Crippen molar-refractivity contribution in [1.29, 1.82) is 5.26 Å². The predicted molar refractivity (Wildman–Crippen MR) is 106 cm³/mol. The molecule has 1 aromatic carbocycles. The zero-order chi connectivity index (χ0) is 19.8. The SMILES string of the molecule is Cc1nn(CCC#N)c(C)c1CCC(=O)Nc1ccccc1OCC(C)C. The molecule has 1 aromatic heterocycles. The molecule has 0 unspecified atom stereocenters. The van der Waals surface area contributed by atoms with Gasteiger partial charge in [-0.1, -0.05) is 26.0 Å². The molecule has 0 radical (unpaired) electrons. The Kier molecular flexibility index (Phi) is 7.42. The van der Waals surface area contributed by atoms with Gasteiger partial charge in [-0.2, -0.15) is 10.4 Å². The van der Waals surface area contributed by atoms with Crippen molar-refractivity contribution in [3.05, 3.63) is 41.2 Å². The minimum atomic E-state index is -0.0563. The number of carbonyl (C=O) groups excluding carboxylic acids is 1. The number of nitriles is 1. The van der Waals surface area contributed by atoms with E-state index in [4.69, 9.17) is 10.00 Å². The molecule has 0 aliphatic heterocycles. The molecule has 1 heterocycles. The molecule has 0 atom stereocenters. The molecule has 2 rings (SSSR count). The van der Waals surface area contributed by atoms with Crippen molar-refractivity contribution in [3.63, 3.8) is 0 Å². The van der Waals surface area contributed by atoms with Gasteiger partial charge in [0.1, 0.15) is 5.75 Å². The summed E-state index contributed by atoms with van der Waals surface area (Å²) in [6, 6.07) is 9.63. The summed E-state index contributed by atoms with van der Waals surface area (Å²) >= 11 is 0. The van der Waals surface area contributed by atoms with Crippen LogP contribution in [-0.4, -0.2) is 22.3 Å². The first-order valence-electron chi connectivity index (χ1n) is 9.33. The van der Waals surface area contributed by atoms with Gasteiger partial charge >= 0.3 is 0 Å². The molecular formula is C21H28N4O2. The number of ether oxygens (including phenoxy) is 1. The van der Waals surface area contributed by atoms with Crippen LogP contribution in [0.15, 0.2) is 24.3 Å². The van der Waals surface area contributed by atoms with E-state index in [1.807, 2.05) is 42.8 Å². The van der Waals surface area contributed by atoms with E-state index in [1.165, 1.54) is 0 Å². The van der Waals surface area contributed by atoms with Gasteiger partial charge in [0.2, 0.25) is 5.91 Å². The number of para-hydroxylation sites is 2. The second-order valence-electron chi connectivity index (χ2n) is 7.03. The Bertz CT molecular complexity index is 818. The van der Waals surface area contributed by atoms with Crippen molar-refractivity contribution in [2.45, 2.75) is 53.5 Å². The number of anilines is 1. The third kappa shape index (κ3) is 5.85. The maximum atomic E-state index is 12.4. The highest BCUT2D eigenvalue weighted by atomic mass is 16.5. The number of hydrogen-bond donors (Lipinski definition) is 1. The van der Waals surface area contributed by atoms with Gasteiger partial charge in [0.05, 0.1) is 37.0 Å². The Balaban J connectivity index is 1.98. The number of hydrogen-bond acceptors (Lipinski definition) is 4. The summed E-state index contributed by atoms with van der Waals surface area (Å²) in [5.41, 5.74) is 3.71. The van der Waals surface area contributed by atoms with Crippen LogP contribution < -0.4 is 10.1 Å². The molecule has 0 bridgehead atoms. The van der Waals surface area contributed by atoms with Crippen molar-refractivity contribution < 1.29 is 9.53 Å². The molecule has 0 spiro atoms. The molecule has 0 aliphatic carbocycles. The number of nitrogens with one attached hydrogen (secondary N) is 1. The largest absolute Gasteiger partial charge is 0.491 e. The number of benzene rings is 1. The van der Waals surface area contributed by atoms with E-state index >= 15 is 0 Å². The smallest absolute Gasteiger partial charge is 0.224 e. The van der Waals surface area contributed by atoms with E-state index in [0.717, 1.165) is 17.0 Å². The Hall–Kier alpha value is -2.81. The fraction of sp³-hybridized carbons (Fsp3) is 0.476. The van der Waals surface area contributed by atoms with Crippen LogP contribution in [0.5, 0.6) is 5.75 Å². The zero-order valence-corrected chi connectivity index (χ0v) is 16.6. The normalized spacial score (nSPS) is 10.7. The number of amides is 1. The monoisotopic (exact) mass is 368 g/mol. The van der Waals surface area contributed by atoms with Crippen molar-refractivity contribution in [3.8, 4) is 11.8 Å². The van der Waals surface area contributed by atoms with Gasteiger partial charge in [-0.25, -0.2) is 0 Å². The van der Waals surface area contributed by atoms with Gasteiger partial charge in [-0.3, -0.25) is 9.48 Å². The van der Waals surface area contributed by atoms with Crippen LogP contribution >= 0.6 is 0 Å². The summed E-state index contributed by atoms with van der Waals surface area (Å²) in [6.45, 7) is 9.28. The van der Waals surface area contributed by atoms with Crippen molar-refractivity contribution >= 4 is 11.6 Å². The molecule has 0 aliphatic rings. The fourth-order valence-corrected chi connectivity index (χ4v) is 2.87. The van der Waals surface area contributed by atoms with Crippen LogP contribution in [0.4, 0.5) is 5.69 Å². The number of nitrogens with zero attached hydrogens (tertiary/aromatic N) is 3. The molecule has 6 heteroatoms. The number of aromatic nitrogens is 2. The molecular weight excluding hydrogens is 340 g/mol. The molecule has 0 saturated heterocycles. The highest BCUT2D eigenvalue weighted by Gasteiger charge is 2.14. The molecule has 1 N–H and O–H groups in total. The summed E-state index contributed by atoms with van der Waals surface area (Å²) in [5.74, 6) is 1.05. The van der Waals surface area contributed by atoms with E-state index in [2.05, 4.69) is 30.3 Å². The van der Waals surface area contributed by atoms with Crippen LogP contribution in [0.1, 0.15) is 43.6 Å². The first-order chi connectivity index (χ1) is 12.9. The Labute approximate surface area is 161 Å². The molecule has 0 saturated carbocycles. The van der Waals surface area contributed by atoms with Crippen LogP contribution in [0.2, 0.25) is 0 Å². The fourth-order valence-electron chi connectivity index (χ4n) is 2.87. The zero-order valence-electron chi connectivity index (χ0n) is 16.6. The Morgan fingerprint density at radius 2 is 2.07 bits per heavy atom. The number of carbonyl (C=O) groups is 1. The number of aryl methyl sites for hydroxylation is 2. The van der Waals surface area contributed by atoms with Gasteiger partial charge in [0.15, 0.2) is 0 Å². The second-order valence-corrected chi connectivity index (χ2v) is 7.03. The Morgan fingerprint density at radius 1 is 1.33 bits per heavy atom. The average Bonchev–Trinajstić information content (AvgIpc) is 2.90. The predicted octanol–water partition coefficient (Wildman–Crippen LogP) is 4.02. The summed E-state index contributed by atoms with van der Waals surface area (Å²) in [6.07, 6.45) is 1.41. The van der Waals surface area contributed by atoms with Gasteiger partial charge in [-0.05, 0) is 43.9 Å². The molecule has 27 heavy (non-hydrogen) atoms. The van der Waals surface area contributed by atoms with Gasteiger partial charge in [0.25, 0.3) is 0 Å². The standard InChI is InChI=1S/C21H28N4O2/c1-15(2)14-27-20-9-6-5-8-19(20)23-21(26)11-10-18-16(3)24-25(17(18)4)13-7-12-22/h5-6,8-9,15H,7,10-11,13-14H2,1-4H3,(H,23,26). The van der Waals surface area contributed by atoms with Gasteiger partial charge in [0, 0.05) is 12.1 Å². The lowest BCUT2D eigenvalue weighted by Crippen LogP contribution is -2.14. The molecule has 0 fully saturated rings. The first kappa shape index (κ1) is 20.5. The number of rotatable bonds is 9. The summed E-state index contributed by atoms with van der Waals surface area (Å²) in [5, 5.41) is 16.2. The summed E-state index contributed by atoms with van der Waals surface area (Å²) < 4.78 is 7.63. The quantitative estimate of drug-likeness (QED) is 0.725. The molecule has 1 amide bonds. The van der Waals surface area contributed by atoms with E-state index in [0.29, 0.717) is 49.8 Å². The second kappa shape index (κ2) is 9.77. The third-order valence-corrected chi connectivity index (χ3v) is 4.30. The lowest BCUT2D eigenvalue weighted by atomic mass is 10.1. The van der Waals surface area contributed by atoms with Crippen molar-refractivity contribution in [1.82, 2.24) is 9.78 Å². The van der Waals surface area contributed by atoms with Crippen LogP contribution in [-0.2, 0) is 17.8 Å². The molecule has 6 nitrogen and oxygen atoms in total. The topological polar surface area (TPSA) is 79.9 Å². The van der Waals surface area contributed by atoms with Crippen LogP contribution in [0.25, 0.3) is 0 Å². The highest BCUT2D eigenvalue weighted by molar-refractivity contribution is 5.92. The first-order valence-corrected chi connectivity index (χ1v) is 9.33. The minimum Gasteiger partial charge on any atom is -0.491 e. The molecule has 2 aromatic rings. The molecule has 144 valence electrons.